The normalized spacial score (nSPS) is 26.8. The van der Waals surface area contributed by atoms with E-state index in [1.54, 1.807) is 0 Å². The molecule has 1 fully saturated rings. The zero-order valence-corrected chi connectivity index (χ0v) is 14.1. The third-order valence-electron chi connectivity index (χ3n) is 5.33. The van der Waals surface area contributed by atoms with Gasteiger partial charge in [0.05, 0.1) is 13.3 Å². The largest absolute Gasteiger partial charge is 0.468 e. The summed E-state index contributed by atoms with van der Waals surface area (Å²) in [5, 5.41) is 3.21. The Morgan fingerprint density at radius 3 is 2.86 bits per heavy atom. The van der Waals surface area contributed by atoms with Gasteiger partial charge in [0, 0.05) is 30.4 Å². The molecule has 1 N–H and O–H groups in total. The van der Waals surface area contributed by atoms with Crippen LogP contribution in [0.15, 0.2) is 12.1 Å². The fraction of sp³-hybridized carbons (Fsp3) is 0.588. The molecular formula is C17H25N3O2. The van der Waals surface area contributed by atoms with Crippen LogP contribution in [0, 0.1) is 6.92 Å². The molecule has 0 saturated carbocycles. The number of likely N-dealkylation sites (N-methyl/N-ethyl adjacent to an activating group) is 2. The second-order valence-electron chi connectivity index (χ2n) is 6.75. The van der Waals surface area contributed by atoms with Gasteiger partial charge in [-0.2, -0.15) is 0 Å². The molecule has 0 aromatic heterocycles. The molecular weight excluding hydrogens is 278 g/mol. The highest BCUT2D eigenvalue weighted by Crippen LogP contribution is 2.52. The van der Waals surface area contributed by atoms with Crippen molar-refractivity contribution < 1.29 is 9.53 Å². The fourth-order valence-corrected chi connectivity index (χ4v) is 4.15. The monoisotopic (exact) mass is 303 g/mol. The van der Waals surface area contributed by atoms with Gasteiger partial charge in [0.15, 0.2) is 0 Å². The van der Waals surface area contributed by atoms with Gasteiger partial charge in [0.1, 0.15) is 6.54 Å². The zero-order valence-electron chi connectivity index (χ0n) is 14.1. The summed E-state index contributed by atoms with van der Waals surface area (Å²) in [6, 6.07) is 4.45. The van der Waals surface area contributed by atoms with Gasteiger partial charge in [-0.05, 0) is 43.7 Å². The summed E-state index contributed by atoms with van der Waals surface area (Å²) < 4.78 is 4.71. The van der Waals surface area contributed by atoms with Gasteiger partial charge in [0.25, 0.3) is 0 Å². The Morgan fingerprint density at radius 1 is 1.45 bits per heavy atom. The van der Waals surface area contributed by atoms with Crippen molar-refractivity contribution in [2.45, 2.75) is 31.8 Å². The summed E-state index contributed by atoms with van der Waals surface area (Å²) in [5.74, 6) is -0.248. The van der Waals surface area contributed by atoms with Gasteiger partial charge in [-0.15, -0.1) is 0 Å². The highest BCUT2D eigenvalue weighted by atomic mass is 16.5. The number of benzene rings is 1. The molecule has 0 spiro atoms. The highest BCUT2D eigenvalue weighted by Gasteiger charge is 2.52. The SMILES string of the molecule is COC(=O)CNc1cc2c(cc1C)N(C)C1N(C)CCC21C. The minimum absolute atomic E-state index is 0.147. The molecule has 0 amide bonds. The molecule has 22 heavy (non-hydrogen) atoms. The Morgan fingerprint density at radius 2 is 2.18 bits per heavy atom. The Balaban J connectivity index is 1.97. The van der Waals surface area contributed by atoms with Crippen LogP contribution in [-0.4, -0.2) is 51.3 Å². The molecule has 2 unspecified atom stereocenters. The lowest BCUT2D eigenvalue weighted by molar-refractivity contribution is -0.138. The third kappa shape index (κ3) is 2.07. The number of nitrogens with one attached hydrogen (secondary N) is 1. The van der Waals surface area contributed by atoms with Gasteiger partial charge in [0.2, 0.25) is 0 Å². The quantitative estimate of drug-likeness (QED) is 0.865. The van der Waals surface area contributed by atoms with Gasteiger partial charge < -0.3 is 15.0 Å². The topological polar surface area (TPSA) is 44.8 Å². The Kier molecular flexibility index (Phi) is 3.56. The number of rotatable bonds is 3. The van der Waals surface area contributed by atoms with Crippen LogP contribution in [0.4, 0.5) is 11.4 Å². The fourth-order valence-electron chi connectivity index (χ4n) is 4.15. The third-order valence-corrected chi connectivity index (χ3v) is 5.33. The molecule has 0 bridgehead atoms. The number of esters is 1. The van der Waals surface area contributed by atoms with Crippen molar-refractivity contribution in [1.29, 1.82) is 0 Å². The Labute approximate surface area is 132 Å². The van der Waals surface area contributed by atoms with Gasteiger partial charge in [-0.25, -0.2) is 0 Å². The number of likely N-dealkylation sites (tertiary alicyclic amines) is 1. The number of carbonyl (C=O) groups excluding carboxylic acids is 1. The number of nitrogens with zero attached hydrogens (tertiary/aromatic N) is 2. The van der Waals surface area contributed by atoms with E-state index in [1.165, 1.54) is 18.4 Å². The van der Waals surface area contributed by atoms with E-state index in [2.05, 4.69) is 55.2 Å². The van der Waals surface area contributed by atoms with E-state index in [4.69, 9.17) is 4.74 Å². The molecule has 5 nitrogen and oxygen atoms in total. The van der Waals surface area contributed by atoms with Crippen molar-refractivity contribution in [2.75, 3.05) is 44.5 Å². The predicted molar refractivity (Wildman–Crippen MR) is 88.5 cm³/mol. The maximum atomic E-state index is 11.4. The number of methoxy groups -OCH3 is 1. The van der Waals surface area contributed by atoms with Crippen molar-refractivity contribution in [3.8, 4) is 0 Å². The highest BCUT2D eigenvalue weighted by molar-refractivity contribution is 5.77. The lowest BCUT2D eigenvalue weighted by Gasteiger charge is -2.32. The molecule has 2 aliphatic rings. The van der Waals surface area contributed by atoms with E-state index in [0.29, 0.717) is 6.17 Å². The summed E-state index contributed by atoms with van der Waals surface area (Å²) >= 11 is 0. The maximum absolute atomic E-state index is 11.4. The molecule has 5 heteroatoms. The molecule has 2 aliphatic heterocycles. The zero-order chi connectivity index (χ0) is 16.1. The van der Waals surface area contributed by atoms with E-state index in [1.807, 2.05) is 0 Å². The average Bonchev–Trinajstić information content (AvgIpc) is 2.90. The van der Waals surface area contributed by atoms with Crippen LogP contribution in [0.5, 0.6) is 0 Å². The summed E-state index contributed by atoms with van der Waals surface area (Å²) in [5.41, 5.74) is 5.01. The minimum Gasteiger partial charge on any atom is -0.468 e. The summed E-state index contributed by atoms with van der Waals surface area (Å²) in [4.78, 5) is 16.2. The van der Waals surface area contributed by atoms with Crippen LogP contribution in [0.2, 0.25) is 0 Å². The van der Waals surface area contributed by atoms with E-state index >= 15 is 0 Å². The lowest BCUT2D eigenvalue weighted by Crippen LogP contribution is -2.45. The van der Waals surface area contributed by atoms with Crippen LogP contribution in [-0.2, 0) is 14.9 Å². The smallest absolute Gasteiger partial charge is 0.325 e. The van der Waals surface area contributed by atoms with Gasteiger partial charge in [-0.1, -0.05) is 6.92 Å². The van der Waals surface area contributed by atoms with Crippen molar-refractivity contribution in [3.05, 3.63) is 23.3 Å². The first-order chi connectivity index (χ1) is 10.4. The molecule has 0 aliphatic carbocycles. The second-order valence-corrected chi connectivity index (χ2v) is 6.75. The number of anilines is 2. The summed E-state index contributed by atoms with van der Waals surface area (Å²) in [6.45, 7) is 5.74. The summed E-state index contributed by atoms with van der Waals surface area (Å²) in [6.07, 6.45) is 1.57. The first-order valence-corrected chi connectivity index (χ1v) is 7.77. The predicted octanol–water partition coefficient (Wildman–Crippen LogP) is 1.95. The molecule has 1 aromatic carbocycles. The molecule has 1 aromatic rings. The second kappa shape index (κ2) is 5.16. The lowest BCUT2D eigenvalue weighted by atomic mass is 9.81. The number of hydrogen-bond donors (Lipinski definition) is 1. The van der Waals surface area contributed by atoms with E-state index in [-0.39, 0.29) is 17.9 Å². The number of carbonyl (C=O) groups is 1. The van der Waals surface area contributed by atoms with Crippen LogP contribution in [0.1, 0.15) is 24.5 Å². The Bertz CT molecular complexity index is 616. The number of ether oxygens (including phenoxy) is 1. The maximum Gasteiger partial charge on any atom is 0.325 e. The van der Waals surface area contributed by atoms with Crippen LogP contribution in [0.25, 0.3) is 0 Å². The average molecular weight is 303 g/mol. The van der Waals surface area contributed by atoms with Crippen LogP contribution < -0.4 is 10.2 Å². The molecule has 3 rings (SSSR count). The van der Waals surface area contributed by atoms with E-state index in [9.17, 15) is 4.79 Å². The standard InChI is InChI=1S/C17H25N3O2/c1-11-8-14-12(9-13(11)18-10-15(21)22-5)17(2)6-7-19(3)16(17)20(14)4/h8-9,16,18H,6-7,10H2,1-5H3. The molecule has 1 saturated heterocycles. The summed E-state index contributed by atoms with van der Waals surface area (Å²) in [7, 11) is 5.79. The van der Waals surface area contributed by atoms with Crippen LogP contribution >= 0.6 is 0 Å². The van der Waals surface area contributed by atoms with Gasteiger partial charge >= 0.3 is 5.97 Å². The van der Waals surface area contributed by atoms with E-state index in [0.717, 1.165) is 24.2 Å². The molecule has 0 radical (unpaired) electrons. The first-order valence-electron chi connectivity index (χ1n) is 7.77. The van der Waals surface area contributed by atoms with Crippen molar-refractivity contribution in [1.82, 2.24) is 4.90 Å². The molecule has 2 heterocycles. The van der Waals surface area contributed by atoms with E-state index < -0.39 is 0 Å². The van der Waals surface area contributed by atoms with Gasteiger partial charge in [-0.3, -0.25) is 9.69 Å². The number of aryl methyl sites for hydroxylation is 1. The van der Waals surface area contributed by atoms with Crippen molar-refractivity contribution >= 4 is 17.3 Å². The van der Waals surface area contributed by atoms with Crippen molar-refractivity contribution in [3.63, 3.8) is 0 Å². The first kappa shape index (κ1) is 15.2. The van der Waals surface area contributed by atoms with Crippen LogP contribution in [0.3, 0.4) is 0 Å². The molecule has 120 valence electrons. The minimum atomic E-state index is -0.248. The van der Waals surface area contributed by atoms with Crippen molar-refractivity contribution in [2.24, 2.45) is 0 Å². The number of fused-ring (bicyclic) bond motifs is 3. The molecule has 2 atom stereocenters. The Hall–Kier alpha value is -1.75. The number of hydrogen-bond acceptors (Lipinski definition) is 5.